The smallest absolute Gasteiger partial charge is 0.192 e. The second-order valence-corrected chi connectivity index (χ2v) is 3.93. The van der Waals surface area contributed by atoms with E-state index >= 15 is 0 Å². The average molecular weight is 200 g/mol. The highest BCUT2D eigenvalue weighted by Gasteiger charge is 2.11. The minimum atomic E-state index is -2.47. The third kappa shape index (κ3) is 3.31. The summed E-state index contributed by atoms with van der Waals surface area (Å²) in [4.78, 5) is 8.78. The summed E-state index contributed by atoms with van der Waals surface area (Å²) in [6.45, 7) is 0. The highest BCUT2D eigenvalue weighted by atomic mass is 31.1. The Morgan fingerprint density at radius 3 is 2.54 bits per heavy atom. The van der Waals surface area contributed by atoms with Crippen molar-refractivity contribution >= 4 is 8.03 Å². The molecule has 3 nitrogen and oxygen atoms in total. The zero-order valence-corrected chi connectivity index (χ0v) is 8.43. The lowest BCUT2D eigenvalue weighted by molar-refractivity contribution is 0.120. The molecule has 0 saturated heterocycles. The van der Waals surface area contributed by atoms with E-state index in [0.717, 1.165) is 5.56 Å². The molecule has 0 fully saturated rings. The van der Waals surface area contributed by atoms with Gasteiger partial charge in [-0.25, -0.2) is 0 Å². The predicted octanol–water partition coefficient (Wildman–Crippen LogP) is 1.84. The predicted molar refractivity (Wildman–Crippen MR) is 52.3 cm³/mol. The lowest BCUT2D eigenvalue weighted by atomic mass is 10.1. The van der Waals surface area contributed by atoms with Gasteiger partial charge >= 0.3 is 0 Å². The van der Waals surface area contributed by atoms with Gasteiger partial charge in [0.1, 0.15) is 0 Å². The van der Waals surface area contributed by atoms with E-state index in [2.05, 4.69) is 0 Å². The second kappa shape index (κ2) is 5.18. The van der Waals surface area contributed by atoms with E-state index in [1.807, 2.05) is 30.3 Å². The van der Waals surface area contributed by atoms with Gasteiger partial charge in [0.15, 0.2) is 8.03 Å². The number of rotatable bonds is 4. The van der Waals surface area contributed by atoms with Crippen molar-refractivity contribution in [2.24, 2.45) is 0 Å². The van der Waals surface area contributed by atoms with Gasteiger partial charge in [-0.2, -0.15) is 0 Å². The van der Waals surface area contributed by atoms with Crippen LogP contribution >= 0.6 is 8.03 Å². The molecule has 1 N–H and O–H groups in total. The Hall–Kier alpha value is -0.630. The van der Waals surface area contributed by atoms with Crippen molar-refractivity contribution in [3.05, 3.63) is 35.9 Å². The van der Waals surface area contributed by atoms with Gasteiger partial charge in [-0.15, -0.1) is 0 Å². The van der Waals surface area contributed by atoms with E-state index in [1.54, 1.807) is 7.11 Å². The minimum absolute atomic E-state index is 0.186. The molecule has 72 valence electrons. The van der Waals surface area contributed by atoms with E-state index in [9.17, 15) is 4.57 Å². The maximum absolute atomic E-state index is 10.6. The molecule has 1 aromatic rings. The van der Waals surface area contributed by atoms with Crippen molar-refractivity contribution < 1.29 is 14.2 Å². The van der Waals surface area contributed by atoms with Crippen molar-refractivity contribution in [2.75, 3.05) is 13.3 Å². The van der Waals surface area contributed by atoms with Gasteiger partial charge in [-0.1, -0.05) is 30.3 Å². The van der Waals surface area contributed by atoms with Gasteiger partial charge < -0.3 is 9.63 Å². The second-order valence-electron chi connectivity index (χ2n) is 2.73. The first-order valence-electron chi connectivity index (χ1n) is 4.03. The van der Waals surface area contributed by atoms with Gasteiger partial charge in [-0.3, -0.25) is 4.57 Å². The van der Waals surface area contributed by atoms with Crippen LogP contribution in [0.1, 0.15) is 11.7 Å². The molecule has 0 bridgehead atoms. The third-order valence-electron chi connectivity index (χ3n) is 1.82. The largest absolute Gasteiger partial charge is 0.376 e. The maximum Gasteiger partial charge on any atom is 0.192 e. The fraction of sp³-hybridized carbons (Fsp3) is 0.333. The van der Waals surface area contributed by atoms with E-state index < -0.39 is 8.03 Å². The third-order valence-corrected chi connectivity index (χ3v) is 2.54. The quantitative estimate of drug-likeness (QED) is 0.754. The van der Waals surface area contributed by atoms with Crippen LogP contribution < -0.4 is 0 Å². The van der Waals surface area contributed by atoms with E-state index in [4.69, 9.17) is 9.63 Å². The molecule has 2 unspecified atom stereocenters. The number of benzene rings is 1. The highest BCUT2D eigenvalue weighted by Crippen LogP contribution is 2.26. The molecule has 0 aliphatic rings. The van der Waals surface area contributed by atoms with Crippen LogP contribution in [-0.4, -0.2) is 18.2 Å². The minimum Gasteiger partial charge on any atom is -0.376 e. The van der Waals surface area contributed by atoms with Crippen molar-refractivity contribution in [2.45, 2.75) is 6.10 Å². The van der Waals surface area contributed by atoms with Crippen LogP contribution in [-0.2, 0) is 9.30 Å². The molecule has 0 amide bonds. The Morgan fingerprint density at radius 1 is 1.46 bits per heavy atom. The first-order valence-corrected chi connectivity index (χ1v) is 5.60. The van der Waals surface area contributed by atoms with E-state index in [-0.39, 0.29) is 12.3 Å². The van der Waals surface area contributed by atoms with E-state index in [0.29, 0.717) is 0 Å². The Kier molecular flexibility index (Phi) is 4.16. The molecule has 2 atom stereocenters. The van der Waals surface area contributed by atoms with Crippen LogP contribution in [0.5, 0.6) is 0 Å². The Bertz CT molecular complexity index is 273. The molecule has 0 heterocycles. The molecule has 1 rings (SSSR count). The topological polar surface area (TPSA) is 46.5 Å². The fourth-order valence-electron chi connectivity index (χ4n) is 1.16. The molecule has 4 heteroatoms. The molecule has 0 aliphatic carbocycles. The van der Waals surface area contributed by atoms with Crippen molar-refractivity contribution in [1.82, 2.24) is 0 Å². The summed E-state index contributed by atoms with van der Waals surface area (Å²) >= 11 is 0. The van der Waals surface area contributed by atoms with Crippen LogP contribution in [0.15, 0.2) is 30.3 Å². The summed E-state index contributed by atoms with van der Waals surface area (Å²) in [7, 11) is -0.923. The lowest BCUT2D eigenvalue weighted by Gasteiger charge is -2.13. The molecule has 1 aromatic carbocycles. The van der Waals surface area contributed by atoms with Crippen LogP contribution in [0.2, 0.25) is 0 Å². The molecular weight excluding hydrogens is 187 g/mol. The number of hydrogen-bond donors (Lipinski definition) is 1. The molecule has 0 radical (unpaired) electrons. The van der Waals surface area contributed by atoms with Gasteiger partial charge in [0.2, 0.25) is 0 Å². The summed E-state index contributed by atoms with van der Waals surface area (Å²) in [5.74, 6) is 0. The summed E-state index contributed by atoms with van der Waals surface area (Å²) in [5.41, 5.74) is 0.942. The Morgan fingerprint density at radius 2 is 2.08 bits per heavy atom. The summed E-state index contributed by atoms with van der Waals surface area (Å²) in [6.07, 6.45) is -0.0804. The Balaban J connectivity index is 2.73. The zero-order valence-electron chi connectivity index (χ0n) is 7.43. The van der Waals surface area contributed by atoms with Crippen LogP contribution in [0, 0.1) is 0 Å². The van der Waals surface area contributed by atoms with Gasteiger partial charge in [0, 0.05) is 7.11 Å². The number of ether oxygens (including phenoxy) is 1. The number of methoxy groups -OCH3 is 1. The fourth-order valence-corrected chi connectivity index (χ4v) is 1.88. The summed E-state index contributed by atoms with van der Waals surface area (Å²) < 4.78 is 15.8. The Labute approximate surface area is 78.2 Å². The van der Waals surface area contributed by atoms with Crippen molar-refractivity contribution in [3.63, 3.8) is 0 Å². The lowest BCUT2D eigenvalue weighted by Crippen LogP contribution is -2.03. The van der Waals surface area contributed by atoms with Crippen LogP contribution in [0.3, 0.4) is 0 Å². The van der Waals surface area contributed by atoms with Crippen molar-refractivity contribution in [1.29, 1.82) is 0 Å². The summed E-state index contributed by atoms with van der Waals surface area (Å²) in [6, 6.07) is 9.45. The van der Waals surface area contributed by atoms with Crippen molar-refractivity contribution in [3.8, 4) is 0 Å². The standard InChI is InChI=1S/C9H13O3P/c1-12-9(7-13(10)11)8-5-3-2-4-6-8/h2-6,9,13H,7H2,1H3,(H,10,11). The molecule has 0 aromatic heterocycles. The normalized spacial score (nSPS) is 15.2. The number of hydrogen-bond acceptors (Lipinski definition) is 2. The van der Waals surface area contributed by atoms with E-state index in [1.165, 1.54) is 0 Å². The molecular formula is C9H13O3P. The first kappa shape index (κ1) is 10.5. The first-order chi connectivity index (χ1) is 6.24. The molecule has 13 heavy (non-hydrogen) atoms. The maximum atomic E-state index is 10.6. The van der Waals surface area contributed by atoms with Gasteiger partial charge in [-0.05, 0) is 5.56 Å². The van der Waals surface area contributed by atoms with Crippen LogP contribution in [0.25, 0.3) is 0 Å². The SMILES string of the molecule is COC(C[PH](=O)O)c1ccccc1. The van der Waals surface area contributed by atoms with Gasteiger partial charge in [0.25, 0.3) is 0 Å². The average Bonchev–Trinajstić information content (AvgIpc) is 2.15. The van der Waals surface area contributed by atoms with Crippen LogP contribution in [0.4, 0.5) is 0 Å². The molecule has 0 aliphatic heterocycles. The summed E-state index contributed by atoms with van der Waals surface area (Å²) in [5, 5.41) is 0. The molecule has 0 saturated carbocycles. The zero-order chi connectivity index (χ0) is 9.68. The monoisotopic (exact) mass is 200 g/mol. The van der Waals surface area contributed by atoms with Gasteiger partial charge in [0.05, 0.1) is 12.3 Å². The highest BCUT2D eigenvalue weighted by molar-refractivity contribution is 7.38. The molecule has 0 spiro atoms.